The van der Waals surface area contributed by atoms with Gasteiger partial charge in [0.1, 0.15) is 5.78 Å². The van der Waals surface area contributed by atoms with E-state index < -0.39 is 0 Å². The molecule has 2 rings (SSSR count). The van der Waals surface area contributed by atoms with Gasteiger partial charge in [-0.2, -0.15) is 0 Å². The van der Waals surface area contributed by atoms with Crippen molar-refractivity contribution < 1.29 is 4.79 Å². The molecule has 0 saturated heterocycles. The van der Waals surface area contributed by atoms with Gasteiger partial charge >= 0.3 is 0 Å². The molecule has 1 aromatic carbocycles. The number of carbonyl (C=O) groups excluding carboxylic acids is 1. The Labute approximate surface area is 98.9 Å². The van der Waals surface area contributed by atoms with Crippen LogP contribution in [-0.2, 0) is 11.3 Å². The predicted octanol–water partition coefficient (Wildman–Crippen LogP) is 2.74. The number of para-hydroxylation sites is 2. The molecule has 0 bridgehead atoms. The first-order valence-electron chi connectivity index (χ1n) is 5.30. The number of ketones is 1. The van der Waals surface area contributed by atoms with Crippen LogP contribution in [0.15, 0.2) is 29.4 Å². The van der Waals surface area contributed by atoms with Crippen molar-refractivity contribution in [1.29, 1.82) is 0 Å². The average Bonchev–Trinajstić information content (AvgIpc) is 2.63. The zero-order valence-corrected chi connectivity index (χ0v) is 10.3. The van der Waals surface area contributed by atoms with Crippen molar-refractivity contribution in [3.63, 3.8) is 0 Å². The molecule has 0 aliphatic carbocycles. The molecule has 0 spiro atoms. The number of benzene rings is 1. The van der Waals surface area contributed by atoms with Gasteiger partial charge in [0.25, 0.3) is 0 Å². The maximum Gasteiger partial charge on any atom is 0.169 e. The third-order valence-corrected chi connectivity index (χ3v) is 3.46. The largest absolute Gasteiger partial charge is 0.319 e. The fourth-order valence-corrected chi connectivity index (χ4v) is 2.51. The number of nitrogens with zero attached hydrogens (tertiary/aromatic N) is 2. The first kappa shape index (κ1) is 11.2. The number of imidazole rings is 1. The van der Waals surface area contributed by atoms with Crippen LogP contribution in [0.5, 0.6) is 0 Å². The molecular formula is C12H14N2OS. The van der Waals surface area contributed by atoms with Crippen molar-refractivity contribution in [1.82, 2.24) is 9.55 Å². The minimum absolute atomic E-state index is 0.180. The van der Waals surface area contributed by atoms with Crippen LogP contribution in [0, 0.1) is 0 Å². The number of Topliss-reactive ketones (excluding diaryl/α,β-unsaturated/α-hetero) is 1. The molecule has 1 heterocycles. The Morgan fingerprint density at radius 1 is 1.44 bits per heavy atom. The highest BCUT2D eigenvalue weighted by Crippen LogP contribution is 2.23. The monoisotopic (exact) mass is 234 g/mol. The molecule has 0 radical (unpaired) electrons. The van der Waals surface area contributed by atoms with Crippen LogP contribution in [-0.4, -0.2) is 21.1 Å². The van der Waals surface area contributed by atoms with E-state index in [1.165, 1.54) is 11.8 Å². The van der Waals surface area contributed by atoms with E-state index in [9.17, 15) is 4.79 Å². The second-order valence-electron chi connectivity index (χ2n) is 3.62. The zero-order valence-electron chi connectivity index (χ0n) is 9.43. The third-order valence-electron chi connectivity index (χ3n) is 2.34. The molecule has 0 atom stereocenters. The number of hydrogen-bond donors (Lipinski definition) is 0. The van der Waals surface area contributed by atoms with Gasteiger partial charge in [-0.05, 0) is 26.0 Å². The van der Waals surface area contributed by atoms with Crippen molar-refractivity contribution in [2.75, 3.05) is 5.75 Å². The Morgan fingerprint density at radius 3 is 2.88 bits per heavy atom. The molecule has 0 N–H and O–H groups in total. The highest BCUT2D eigenvalue weighted by molar-refractivity contribution is 7.99. The number of thioether (sulfide) groups is 1. The summed E-state index contributed by atoms with van der Waals surface area (Å²) < 4.78 is 2.14. The summed E-state index contributed by atoms with van der Waals surface area (Å²) in [6.07, 6.45) is 0. The van der Waals surface area contributed by atoms with Gasteiger partial charge in [0.15, 0.2) is 5.16 Å². The Kier molecular flexibility index (Phi) is 3.29. The fourth-order valence-electron chi connectivity index (χ4n) is 1.64. The van der Waals surface area contributed by atoms with Gasteiger partial charge in [-0.15, -0.1) is 0 Å². The lowest BCUT2D eigenvalue weighted by atomic mass is 10.3. The number of aryl methyl sites for hydroxylation is 1. The number of hydrogen-bond acceptors (Lipinski definition) is 3. The molecule has 0 unspecified atom stereocenters. The molecule has 0 aliphatic rings. The minimum atomic E-state index is 0.180. The van der Waals surface area contributed by atoms with E-state index in [-0.39, 0.29) is 5.78 Å². The summed E-state index contributed by atoms with van der Waals surface area (Å²) in [5.74, 6) is 0.670. The third kappa shape index (κ3) is 2.11. The lowest BCUT2D eigenvalue weighted by Gasteiger charge is -2.03. The van der Waals surface area contributed by atoms with Gasteiger partial charge in [-0.3, -0.25) is 4.79 Å². The summed E-state index contributed by atoms with van der Waals surface area (Å²) in [5.41, 5.74) is 2.13. The number of rotatable bonds is 4. The van der Waals surface area contributed by atoms with Gasteiger partial charge in [0.05, 0.1) is 16.8 Å². The normalized spacial score (nSPS) is 10.9. The second kappa shape index (κ2) is 4.70. The van der Waals surface area contributed by atoms with Crippen LogP contribution < -0.4 is 0 Å². The van der Waals surface area contributed by atoms with E-state index in [0.29, 0.717) is 5.75 Å². The van der Waals surface area contributed by atoms with Crippen molar-refractivity contribution >= 4 is 28.6 Å². The summed E-state index contributed by atoms with van der Waals surface area (Å²) in [4.78, 5) is 15.5. The van der Waals surface area contributed by atoms with Crippen molar-refractivity contribution in [2.24, 2.45) is 0 Å². The molecule has 1 aromatic heterocycles. The Balaban J connectivity index is 2.40. The quantitative estimate of drug-likeness (QED) is 0.763. The van der Waals surface area contributed by atoms with Gasteiger partial charge < -0.3 is 4.57 Å². The molecule has 84 valence electrons. The molecule has 0 aliphatic heterocycles. The number of fused-ring (bicyclic) bond motifs is 1. The average molecular weight is 234 g/mol. The van der Waals surface area contributed by atoms with E-state index in [0.717, 1.165) is 22.7 Å². The highest BCUT2D eigenvalue weighted by Gasteiger charge is 2.09. The van der Waals surface area contributed by atoms with E-state index >= 15 is 0 Å². The van der Waals surface area contributed by atoms with Gasteiger partial charge in [-0.1, -0.05) is 23.9 Å². The summed E-state index contributed by atoms with van der Waals surface area (Å²) in [5, 5.41) is 0.930. The Bertz CT molecular complexity index is 519. The van der Waals surface area contributed by atoms with Crippen LogP contribution in [0.4, 0.5) is 0 Å². The Hall–Kier alpha value is -1.29. The van der Waals surface area contributed by atoms with Crippen LogP contribution in [0.3, 0.4) is 0 Å². The molecule has 0 saturated carbocycles. The maximum absolute atomic E-state index is 11.0. The van der Waals surface area contributed by atoms with E-state index in [1.807, 2.05) is 18.2 Å². The topological polar surface area (TPSA) is 34.9 Å². The number of carbonyl (C=O) groups is 1. The van der Waals surface area contributed by atoms with Crippen LogP contribution in [0.25, 0.3) is 11.0 Å². The number of aromatic nitrogens is 2. The molecule has 16 heavy (non-hydrogen) atoms. The first-order chi connectivity index (χ1) is 7.72. The molecular weight excluding hydrogens is 220 g/mol. The van der Waals surface area contributed by atoms with Crippen LogP contribution >= 0.6 is 11.8 Å². The summed E-state index contributed by atoms with van der Waals surface area (Å²) in [6.45, 7) is 4.57. The van der Waals surface area contributed by atoms with Crippen LogP contribution in [0.2, 0.25) is 0 Å². The van der Waals surface area contributed by atoms with E-state index in [4.69, 9.17) is 0 Å². The molecule has 0 amide bonds. The van der Waals surface area contributed by atoms with Gasteiger partial charge in [0.2, 0.25) is 0 Å². The SMILES string of the molecule is CCn1c(SCC(C)=O)nc2ccccc21. The fraction of sp³-hybridized carbons (Fsp3) is 0.333. The second-order valence-corrected chi connectivity index (χ2v) is 4.56. The summed E-state index contributed by atoms with van der Waals surface area (Å²) >= 11 is 1.51. The summed E-state index contributed by atoms with van der Waals surface area (Å²) in [6, 6.07) is 8.05. The maximum atomic E-state index is 11.0. The minimum Gasteiger partial charge on any atom is -0.319 e. The first-order valence-corrected chi connectivity index (χ1v) is 6.28. The standard InChI is InChI=1S/C12H14N2OS/c1-3-14-11-7-5-4-6-10(11)13-12(14)16-8-9(2)15/h4-7H,3,8H2,1-2H3. The molecule has 2 aromatic rings. The smallest absolute Gasteiger partial charge is 0.169 e. The summed E-state index contributed by atoms with van der Waals surface area (Å²) in [7, 11) is 0. The lowest BCUT2D eigenvalue weighted by Crippen LogP contribution is -1.99. The van der Waals surface area contributed by atoms with Gasteiger partial charge in [-0.25, -0.2) is 4.98 Å². The molecule has 3 nitrogen and oxygen atoms in total. The van der Waals surface area contributed by atoms with Crippen molar-refractivity contribution in [2.45, 2.75) is 25.5 Å². The van der Waals surface area contributed by atoms with E-state index in [2.05, 4.69) is 22.5 Å². The zero-order chi connectivity index (χ0) is 11.5. The van der Waals surface area contributed by atoms with Gasteiger partial charge in [0, 0.05) is 6.54 Å². The van der Waals surface area contributed by atoms with Crippen molar-refractivity contribution in [3.05, 3.63) is 24.3 Å². The van der Waals surface area contributed by atoms with Crippen LogP contribution in [0.1, 0.15) is 13.8 Å². The van der Waals surface area contributed by atoms with Crippen molar-refractivity contribution in [3.8, 4) is 0 Å². The Morgan fingerprint density at radius 2 is 2.19 bits per heavy atom. The highest BCUT2D eigenvalue weighted by atomic mass is 32.2. The lowest BCUT2D eigenvalue weighted by molar-refractivity contribution is -0.114. The predicted molar refractivity (Wildman–Crippen MR) is 66.8 cm³/mol. The molecule has 0 fully saturated rings. The molecule has 4 heteroatoms. The van der Waals surface area contributed by atoms with E-state index in [1.54, 1.807) is 6.92 Å².